The van der Waals surface area contributed by atoms with Crippen LogP contribution in [0.2, 0.25) is 0 Å². The molecule has 0 amide bonds. The molecule has 0 heterocycles. The van der Waals surface area contributed by atoms with Crippen molar-refractivity contribution in [2.75, 3.05) is 0 Å². The Morgan fingerprint density at radius 1 is 1.17 bits per heavy atom. The van der Waals surface area contributed by atoms with Gasteiger partial charge in [0.05, 0.1) is 6.10 Å². The Bertz CT molecular complexity index is 247. The van der Waals surface area contributed by atoms with Crippen LogP contribution in [0.3, 0.4) is 0 Å². The fraction of sp³-hybridized carbons (Fsp3) is 1.00. The van der Waals surface area contributed by atoms with Crippen LogP contribution < -0.4 is 5.73 Å². The third-order valence-electron chi connectivity index (χ3n) is 3.66. The van der Waals surface area contributed by atoms with Crippen LogP contribution in [0, 0.1) is 11.8 Å². The van der Waals surface area contributed by atoms with Crippen LogP contribution in [0.15, 0.2) is 0 Å². The van der Waals surface area contributed by atoms with E-state index in [1.165, 1.54) is 0 Å². The highest BCUT2D eigenvalue weighted by atomic mass is 19.4. The summed E-state index contributed by atoms with van der Waals surface area (Å²) in [5.41, 5.74) is 5.54. The van der Waals surface area contributed by atoms with E-state index in [1.807, 2.05) is 0 Å². The summed E-state index contributed by atoms with van der Waals surface area (Å²) in [4.78, 5) is 0. The van der Waals surface area contributed by atoms with E-state index in [2.05, 4.69) is 13.8 Å². The molecule has 4 atom stereocenters. The Morgan fingerprint density at radius 3 is 2.06 bits per heavy atom. The summed E-state index contributed by atoms with van der Waals surface area (Å²) in [5.74, 6) is 0.843. The third-order valence-corrected chi connectivity index (χ3v) is 3.66. The standard InChI is InChI=1S/C13H24F3NO/c1-4-11(17)12(13(14,15)16)18-10-6-8(2)5-9(3)7-10/h8-12H,4-7,17H2,1-3H3. The second kappa shape index (κ2) is 6.24. The fourth-order valence-corrected chi connectivity index (χ4v) is 2.83. The Morgan fingerprint density at radius 2 is 1.67 bits per heavy atom. The van der Waals surface area contributed by atoms with Crippen LogP contribution in [-0.4, -0.2) is 24.4 Å². The minimum atomic E-state index is -4.38. The normalized spacial score (nSPS) is 33.2. The summed E-state index contributed by atoms with van der Waals surface area (Å²) in [6.45, 7) is 5.78. The molecule has 1 aliphatic carbocycles. The predicted octanol–water partition coefficient (Wildman–Crippen LogP) is 3.50. The summed E-state index contributed by atoms with van der Waals surface area (Å²) >= 11 is 0. The van der Waals surface area contributed by atoms with Crippen molar-refractivity contribution in [3.63, 3.8) is 0 Å². The molecule has 0 bridgehead atoms. The van der Waals surface area contributed by atoms with Crippen LogP contribution >= 0.6 is 0 Å². The molecule has 4 unspecified atom stereocenters. The number of hydrogen-bond donors (Lipinski definition) is 1. The average Bonchev–Trinajstić information content (AvgIpc) is 2.22. The van der Waals surface area contributed by atoms with Gasteiger partial charge >= 0.3 is 6.18 Å². The molecule has 18 heavy (non-hydrogen) atoms. The van der Waals surface area contributed by atoms with Gasteiger partial charge < -0.3 is 10.5 Å². The molecule has 0 aliphatic heterocycles. The molecular formula is C13H24F3NO. The molecule has 0 aromatic carbocycles. The lowest BCUT2D eigenvalue weighted by Gasteiger charge is -2.36. The third kappa shape index (κ3) is 4.43. The number of alkyl halides is 3. The summed E-state index contributed by atoms with van der Waals surface area (Å²) in [7, 11) is 0. The summed E-state index contributed by atoms with van der Waals surface area (Å²) in [6, 6.07) is -0.975. The minimum Gasteiger partial charge on any atom is -0.364 e. The second-order valence-corrected chi connectivity index (χ2v) is 5.71. The first-order valence-corrected chi connectivity index (χ1v) is 6.71. The van der Waals surface area contributed by atoms with E-state index in [-0.39, 0.29) is 12.5 Å². The van der Waals surface area contributed by atoms with Gasteiger partial charge in [0, 0.05) is 6.04 Å². The van der Waals surface area contributed by atoms with Gasteiger partial charge in [-0.25, -0.2) is 0 Å². The maximum absolute atomic E-state index is 12.9. The van der Waals surface area contributed by atoms with Crippen LogP contribution in [0.4, 0.5) is 13.2 Å². The molecule has 2 N–H and O–H groups in total. The van der Waals surface area contributed by atoms with E-state index < -0.39 is 18.3 Å². The van der Waals surface area contributed by atoms with Crippen molar-refractivity contribution in [1.82, 2.24) is 0 Å². The maximum atomic E-state index is 12.9. The van der Waals surface area contributed by atoms with Crippen molar-refractivity contribution in [1.29, 1.82) is 0 Å². The lowest BCUT2D eigenvalue weighted by atomic mass is 9.81. The van der Waals surface area contributed by atoms with E-state index in [0.717, 1.165) is 6.42 Å². The highest BCUT2D eigenvalue weighted by Gasteiger charge is 2.45. The van der Waals surface area contributed by atoms with Crippen LogP contribution in [0.25, 0.3) is 0 Å². The van der Waals surface area contributed by atoms with Crippen LogP contribution in [-0.2, 0) is 4.74 Å². The quantitative estimate of drug-likeness (QED) is 0.846. The Balaban J connectivity index is 2.65. The number of hydrogen-bond acceptors (Lipinski definition) is 2. The zero-order valence-corrected chi connectivity index (χ0v) is 11.3. The van der Waals surface area contributed by atoms with Gasteiger partial charge in [0.25, 0.3) is 0 Å². The summed E-state index contributed by atoms with van der Waals surface area (Å²) < 4.78 is 44.0. The van der Waals surface area contributed by atoms with E-state index >= 15 is 0 Å². The maximum Gasteiger partial charge on any atom is 0.416 e. The number of nitrogens with two attached hydrogens (primary N) is 1. The number of rotatable bonds is 4. The smallest absolute Gasteiger partial charge is 0.364 e. The Hall–Kier alpha value is -0.290. The monoisotopic (exact) mass is 267 g/mol. The molecular weight excluding hydrogens is 243 g/mol. The fourth-order valence-electron chi connectivity index (χ4n) is 2.83. The molecule has 1 aliphatic rings. The summed E-state index contributed by atoms with van der Waals surface area (Å²) in [5, 5.41) is 0. The zero-order valence-electron chi connectivity index (χ0n) is 11.3. The van der Waals surface area contributed by atoms with E-state index in [9.17, 15) is 13.2 Å². The minimum absolute atomic E-state index is 0.266. The zero-order chi connectivity index (χ0) is 13.9. The van der Waals surface area contributed by atoms with Gasteiger partial charge in [-0.05, 0) is 37.5 Å². The van der Waals surface area contributed by atoms with E-state index in [0.29, 0.717) is 24.7 Å². The number of ether oxygens (including phenoxy) is 1. The first-order chi connectivity index (χ1) is 8.24. The molecule has 5 heteroatoms. The second-order valence-electron chi connectivity index (χ2n) is 5.71. The predicted molar refractivity (Wildman–Crippen MR) is 65.2 cm³/mol. The average molecular weight is 267 g/mol. The molecule has 1 rings (SSSR count). The van der Waals surface area contributed by atoms with Gasteiger partial charge in [-0.15, -0.1) is 0 Å². The van der Waals surface area contributed by atoms with Crippen molar-refractivity contribution in [3.8, 4) is 0 Å². The lowest BCUT2D eigenvalue weighted by molar-refractivity contribution is -0.244. The number of halogens is 3. The van der Waals surface area contributed by atoms with Gasteiger partial charge in [0.15, 0.2) is 6.10 Å². The molecule has 1 saturated carbocycles. The molecule has 0 saturated heterocycles. The van der Waals surface area contributed by atoms with Crippen molar-refractivity contribution >= 4 is 0 Å². The van der Waals surface area contributed by atoms with Crippen molar-refractivity contribution in [2.45, 2.75) is 70.9 Å². The van der Waals surface area contributed by atoms with Gasteiger partial charge in [-0.1, -0.05) is 20.8 Å². The highest BCUT2D eigenvalue weighted by molar-refractivity contribution is 4.83. The Labute approximate surface area is 107 Å². The van der Waals surface area contributed by atoms with E-state index in [4.69, 9.17) is 10.5 Å². The topological polar surface area (TPSA) is 35.2 Å². The molecule has 0 spiro atoms. The van der Waals surface area contributed by atoms with Crippen molar-refractivity contribution in [3.05, 3.63) is 0 Å². The largest absolute Gasteiger partial charge is 0.416 e. The van der Waals surface area contributed by atoms with Gasteiger partial charge in [-0.2, -0.15) is 13.2 Å². The van der Waals surface area contributed by atoms with Crippen molar-refractivity contribution < 1.29 is 17.9 Å². The van der Waals surface area contributed by atoms with Gasteiger partial charge in [0.2, 0.25) is 0 Å². The highest BCUT2D eigenvalue weighted by Crippen LogP contribution is 2.34. The SMILES string of the molecule is CCC(N)C(OC1CC(C)CC(C)C1)C(F)(F)F. The first-order valence-electron chi connectivity index (χ1n) is 6.71. The molecule has 0 aromatic heterocycles. The molecule has 2 nitrogen and oxygen atoms in total. The van der Waals surface area contributed by atoms with Gasteiger partial charge in [0.1, 0.15) is 0 Å². The molecule has 1 fully saturated rings. The van der Waals surface area contributed by atoms with E-state index in [1.54, 1.807) is 6.92 Å². The lowest BCUT2D eigenvalue weighted by Crippen LogP contribution is -2.49. The summed E-state index contributed by atoms with van der Waals surface area (Å²) in [6.07, 6.45) is -3.78. The van der Waals surface area contributed by atoms with Crippen LogP contribution in [0.5, 0.6) is 0 Å². The molecule has 0 radical (unpaired) electrons. The molecule has 108 valence electrons. The van der Waals surface area contributed by atoms with Gasteiger partial charge in [-0.3, -0.25) is 0 Å². The van der Waals surface area contributed by atoms with Crippen molar-refractivity contribution in [2.24, 2.45) is 17.6 Å². The first kappa shape index (κ1) is 15.8. The Kier molecular flexibility index (Phi) is 5.46. The molecule has 0 aromatic rings. The van der Waals surface area contributed by atoms with Crippen LogP contribution in [0.1, 0.15) is 46.5 Å².